The van der Waals surface area contributed by atoms with Crippen LogP contribution in [0.4, 0.5) is 11.6 Å². The molecule has 0 spiro atoms. The first-order chi connectivity index (χ1) is 13.6. The van der Waals surface area contributed by atoms with Crippen LogP contribution < -0.4 is 21.5 Å². The molecule has 1 aromatic carbocycles. The fourth-order valence-corrected chi connectivity index (χ4v) is 3.30. The SMILES string of the molecule is Cn1c(NCC=CCOc2cccc(CN3CCCCC3)c2)cc(N)nc1=O. The van der Waals surface area contributed by atoms with Gasteiger partial charge in [-0.2, -0.15) is 4.98 Å². The van der Waals surface area contributed by atoms with Crippen LogP contribution in [-0.4, -0.2) is 40.7 Å². The smallest absolute Gasteiger partial charge is 0.350 e. The lowest BCUT2D eigenvalue weighted by Gasteiger charge is -2.26. The van der Waals surface area contributed by atoms with Gasteiger partial charge in [0.2, 0.25) is 0 Å². The molecule has 3 N–H and O–H groups in total. The van der Waals surface area contributed by atoms with E-state index >= 15 is 0 Å². The van der Waals surface area contributed by atoms with E-state index in [4.69, 9.17) is 10.5 Å². The Kier molecular flexibility index (Phi) is 7.08. The monoisotopic (exact) mass is 383 g/mol. The van der Waals surface area contributed by atoms with Gasteiger partial charge < -0.3 is 15.8 Å². The number of hydrogen-bond donors (Lipinski definition) is 2. The van der Waals surface area contributed by atoms with Crippen molar-refractivity contribution < 1.29 is 4.74 Å². The molecular weight excluding hydrogens is 354 g/mol. The standard InChI is InChI=1S/C21H29N5O2/c1-25-20(15-19(22)24-21(25)27)23-10-3-6-13-28-18-9-7-8-17(14-18)16-26-11-4-2-5-12-26/h3,6-9,14-15,23H,2,4-5,10-13,16H2,1H3,(H2,22,24,27). The molecule has 150 valence electrons. The Morgan fingerprint density at radius 3 is 2.86 bits per heavy atom. The van der Waals surface area contributed by atoms with E-state index in [1.54, 1.807) is 13.1 Å². The van der Waals surface area contributed by atoms with Gasteiger partial charge in [0.25, 0.3) is 0 Å². The molecule has 28 heavy (non-hydrogen) atoms. The minimum atomic E-state index is -0.376. The van der Waals surface area contributed by atoms with Crippen molar-refractivity contribution in [2.75, 3.05) is 37.3 Å². The maximum absolute atomic E-state index is 11.6. The van der Waals surface area contributed by atoms with Gasteiger partial charge >= 0.3 is 5.69 Å². The molecule has 0 amide bonds. The largest absolute Gasteiger partial charge is 0.490 e. The van der Waals surface area contributed by atoms with E-state index < -0.39 is 0 Å². The van der Waals surface area contributed by atoms with E-state index in [1.807, 2.05) is 24.3 Å². The van der Waals surface area contributed by atoms with E-state index in [-0.39, 0.29) is 11.5 Å². The van der Waals surface area contributed by atoms with Crippen molar-refractivity contribution in [2.45, 2.75) is 25.8 Å². The molecule has 7 nitrogen and oxygen atoms in total. The molecule has 1 aliphatic heterocycles. The molecule has 1 aliphatic rings. The summed E-state index contributed by atoms with van der Waals surface area (Å²) in [6.45, 7) is 4.43. The van der Waals surface area contributed by atoms with Gasteiger partial charge in [0.05, 0.1) is 0 Å². The summed E-state index contributed by atoms with van der Waals surface area (Å²) >= 11 is 0. The first-order valence-electron chi connectivity index (χ1n) is 9.78. The Morgan fingerprint density at radius 1 is 1.21 bits per heavy atom. The topological polar surface area (TPSA) is 85.4 Å². The predicted octanol–water partition coefficient (Wildman–Crippen LogP) is 2.40. The zero-order chi connectivity index (χ0) is 19.8. The molecule has 2 aromatic rings. The molecule has 0 aliphatic carbocycles. The van der Waals surface area contributed by atoms with Gasteiger partial charge in [-0.15, -0.1) is 0 Å². The molecule has 0 bridgehead atoms. The number of anilines is 2. The van der Waals surface area contributed by atoms with Crippen molar-refractivity contribution in [3.8, 4) is 5.75 Å². The third-order valence-corrected chi connectivity index (χ3v) is 4.82. The van der Waals surface area contributed by atoms with Crippen molar-refractivity contribution in [3.63, 3.8) is 0 Å². The lowest BCUT2D eigenvalue weighted by Crippen LogP contribution is -2.29. The van der Waals surface area contributed by atoms with Crippen LogP contribution in [0, 0.1) is 0 Å². The third-order valence-electron chi connectivity index (χ3n) is 4.82. The number of ether oxygens (including phenoxy) is 1. The fourth-order valence-electron chi connectivity index (χ4n) is 3.30. The maximum atomic E-state index is 11.6. The maximum Gasteiger partial charge on any atom is 0.350 e. The second-order valence-electron chi connectivity index (χ2n) is 7.06. The van der Waals surface area contributed by atoms with Crippen molar-refractivity contribution >= 4 is 11.6 Å². The number of nitrogens with two attached hydrogens (primary N) is 1. The van der Waals surface area contributed by atoms with Crippen LogP contribution in [0.15, 0.2) is 47.3 Å². The van der Waals surface area contributed by atoms with Crippen molar-refractivity contribution in [3.05, 3.63) is 58.5 Å². The number of nitrogens with zero attached hydrogens (tertiary/aromatic N) is 3. The van der Waals surface area contributed by atoms with E-state index in [9.17, 15) is 4.79 Å². The number of hydrogen-bond acceptors (Lipinski definition) is 6. The van der Waals surface area contributed by atoms with Crippen LogP contribution in [-0.2, 0) is 13.6 Å². The minimum absolute atomic E-state index is 0.211. The highest BCUT2D eigenvalue weighted by Crippen LogP contribution is 2.17. The lowest BCUT2D eigenvalue weighted by molar-refractivity contribution is 0.220. The molecule has 1 saturated heterocycles. The van der Waals surface area contributed by atoms with Crippen molar-refractivity contribution in [1.29, 1.82) is 0 Å². The summed E-state index contributed by atoms with van der Waals surface area (Å²) in [7, 11) is 1.65. The summed E-state index contributed by atoms with van der Waals surface area (Å²) in [5, 5.41) is 3.14. The number of likely N-dealkylation sites (tertiary alicyclic amines) is 1. The number of benzene rings is 1. The molecule has 0 radical (unpaired) electrons. The minimum Gasteiger partial charge on any atom is -0.490 e. The molecule has 0 atom stereocenters. The second kappa shape index (κ2) is 9.94. The van der Waals surface area contributed by atoms with Gasteiger partial charge in [-0.05, 0) is 49.7 Å². The Hall–Kier alpha value is -2.80. The van der Waals surface area contributed by atoms with Crippen LogP contribution in [0.25, 0.3) is 0 Å². The van der Waals surface area contributed by atoms with Gasteiger partial charge in [0, 0.05) is 26.2 Å². The summed E-state index contributed by atoms with van der Waals surface area (Å²) in [4.78, 5) is 17.8. The fraction of sp³-hybridized carbons (Fsp3) is 0.429. The van der Waals surface area contributed by atoms with Crippen molar-refractivity contribution in [1.82, 2.24) is 14.5 Å². The third kappa shape index (κ3) is 5.85. The molecule has 1 fully saturated rings. The van der Waals surface area contributed by atoms with E-state index in [0.29, 0.717) is 19.0 Å². The first-order valence-corrected chi connectivity index (χ1v) is 9.78. The normalized spacial score (nSPS) is 15.0. The highest BCUT2D eigenvalue weighted by molar-refractivity contribution is 5.44. The summed E-state index contributed by atoms with van der Waals surface area (Å²) in [5.74, 6) is 1.73. The highest BCUT2D eigenvalue weighted by Gasteiger charge is 2.10. The van der Waals surface area contributed by atoms with E-state index in [1.165, 1.54) is 42.5 Å². The van der Waals surface area contributed by atoms with E-state index in [2.05, 4.69) is 27.3 Å². The van der Waals surface area contributed by atoms with Crippen LogP contribution in [0.5, 0.6) is 5.75 Å². The summed E-state index contributed by atoms with van der Waals surface area (Å²) in [5.41, 5.74) is 6.53. The van der Waals surface area contributed by atoms with Gasteiger partial charge in [0.15, 0.2) is 0 Å². The summed E-state index contributed by atoms with van der Waals surface area (Å²) in [6.07, 6.45) is 7.86. The zero-order valence-corrected chi connectivity index (χ0v) is 16.4. The van der Waals surface area contributed by atoms with Crippen LogP contribution >= 0.6 is 0 Å². The molecule has 2 heterocycles. The Morgan fingerprint density at radius 2 is 2.04 bits per heavy atom. The van der Waals surface area contributed by atoms with E-state index in [0.717, 1.165) is 12.3 Å². The van der Waals surface area contributed by atoms with Gasteiger partial charge in [-0.3, -0.25) is 9.47 Å². The van der Waals surface area contributed by atoms with Gasteiger partial charge in [0.1, 0.15) is 24.0 Å². The predicted molar refractivity (Wildman–Crippen MR) is 113 cm³/mol. The number of aromatic nitrogens is 2. The van der Waals surface area contributed by atoms with Crippen LogP contribution in [0.2, 0.25) is 0 Å². The number of rotatable bonds is 8. The van der Waals surface area contributed by atoms with Gasteiger partial charge in [-0.1, -0.05) is 24.6 Å². The molecule has 0 unspecified atom stereocenters. The Labute approximate surface area is 165 Å². The Balaban J connectivity index is 1.43. The number of nitrogen functional groups attached to an aromatic ring is 1. The summed E-state index contributed by atoms with van der Waals surface area (Å²) < 4.78 is 7.26. The van der Waals surface area contributed by atoms with Crippen molar-refractivity contribution in [2.24, 2.45) is 7.05 Å². The lowest BCUT2D eigenvalue weighted by atomic mass is 10.1. The molecule has 3 rings (SSSR count). The highest BCUT2D eigenvalue weighted by atomic mass is 16.5. The summed E-state index contributed by atoms with van der Waals surface area (Å²) in [6, 6.07) is 9.96. The Bertz CT molecular complexity index is 856. The molecule has 1 aromatic heterocycles. The van der Waals surface area contributed by atoms with Gasteiger partial charge in [-0.25, -0.2) is 4.79 Å². The molecule has 0 saturated carbocycles. The number of nitrogens with one attached hydrogen (secondary N) is 1. The first kappa shape index (κ1) is 19.9. The quantitative estimate of drug-likeness (QED) is 0.681. The average molecular weight is 383 g/mol. The van der Waals surface area contributed by atoms with Crippen LogP contribution in [0.1, 0.15) is 24.8 Å². The second-order valence-corrected chi connectivity index (χ2v) is 7.06. The molecular formula is C21H29N5O2. The molecule has 7 heteroatoms. The number of piperidine rings is 1. The zero-order valence-electron chi connectivity index (χ0n) is 16.4. The average Bonchev–Trinajstić information content (AvgIpc) is 2.69. The van der Waals surface area contributed by atoms with Crippen LogP contribution in [0.3, 0.4) is 0 Å².